The predicted molar refractivity (Wildman–Crippen MR) is 184 cm³/mol. The Kier molecular flexibility index (Phi) is 14.6. The molecule has 2 spiro atoms. The monoisotopic (exact) mass is 619 g/mol. The Morgan fingerprint density at radius 2 is 1.50 bits per heavy atom. The second-order valence-corrected chi connectivity index (χ2v) is 15.6. The highest BCUT2D eigenvalue weighted by molar-refractivity contribution is 5.32. The van der Waals surface area contributed by atoms with Crippen LogP contribution >= 0.6 is 0 Å². The Morgan fingerprint density at radius 3 is 2.07 bits per heavy atom. The average molecular weight is 619 g/mol. The summed E-state index contributed by atoms with van der Waals surface area (Å²) in [6.45, 7) is 16.4. The Labute approximate surface area is 273 Å². The normalized spacial score (nSPS) is 41.4. The van der Waals surface area contributed by atoms with Gasteiger partial charge in [0.25, 0.3) is 0 Å². The summed E-state index contributed by atoms with van der Waals surface area (Å²) < 4.78 is 17.7. The van der Waals surface area contributed by atoms with Gasteiger partial charge in [-0.1, -0.05) is 48.0 Å². The number of aliphatic hydroxyl groups is 2. The van der Waals surface area contributed by atoms with E-state index in [2.05, 4.69) is 67.2 Å². The fourth-order valence-electron chi connectivity index (χ4n) is 12.0. The number of unbranched alkanes of at least 4 members (excludes halogenated alkanes) is 1. The lowest BCUT2D eigenvalue weighted by Crippen LogP contribution is -2.54. The van der Waals surface area contributed by atoms with Crippen LogP contribution in [-0.2, 0) is 14.2 Å². The Hall–Kier alpha value is -1.08. The number of fused-ring (bicyclic) bond motifs is 2. The van der Waals surface area contributed by atoms with E-state index in [1.165, 1.54) is 57.8 Å². The Bertz CT molecular complexity index is 918. The quantitative estimate of drug-likeness (QED) is 0.154. The maximum Gasteiger partial charge on any atom is 0.155 e. The smallest absolute Gasteiger partial charge is 0.155 e. The first-order valence-corrected chi connectivity index (χ1v) is 16.8. The van der Waals surface area contributed by atoms with Crippen molar-refractivity contribution in [1.29, 1.82) is 0 Å². The van der Waals surface area contributed by atoms with E-state index >= 15 is 0 Å². The van der Waals surface area contributed by atoms with Gasteiger partial charge in [-0.2, -0.15) is 0 Å². The van der Waals surface area contributed by atoms with Gasteiger partial charge in [-0.05, 0) is 130 Å². The van der Waals surface area contributed by atoms with Gasteiger partial charge >= 0.3 is 0 Å². The van der Waals surface area contributed by atoms with Gasteiger partial charge in [0, 0.05) is 21.3 Å². The Balaban J connectivity index is 0.00000130. The molecule has 11 atom stereocenters. The number of methoxy groups -OCH3 is 2. The topological polar surface area (TPSA) is 68.2 Å². The van der Waals surface area contributed by atoms with Crippen LogP contribution < -0.4 is 0 Å². The fourth-order valence-corrected chi connectivity index (χ4v) is 12.0. The first-order valence-electron chi connectivity index (χ1n) is 16.8. The summed E-state index contributed by atoms with van der Waals surface area (Å²) in [5, 5.41) is 18.0. The van der Waals surface area contributed by atoms with E-state index < -0.39 is 0 Å². The molecule has 5 rings (SSSR count). The molecule has 0 radical (unpaired) electrons. The number of hydrogen-bond acceptors (Lipinski definition) is 5. The maximum absolute atomic E-state index is 11.0. The molecule has 0 amide bonds. The summed E-state index contributed by atoms with van der Waals surface area (Å²) >= 11 is 0. The van der Waals surface area contributed by atoms with Crippen LogP contribution in [-0.4, -0.2) is 55.6 Å². The highest BCUT2D eigenvalue weighted by Gasteiger charge is 2.84. The minimum Gasteiger partial charge on any atom is -0.400 e. The van der Waals surface area contributed by atoms with Crippen molar-refractivity contribution in [3.05, 3.63) is 0 Å². The zero-order valence-electron chi connectivity index (χ0n) is 29.3. The molecule has 5 aliphatic carbocycles. The third-order valence-corrected chi connectivity index (χ3v) is 13.8. The van der Waals surface area contributed by atoms with Crippen LogP contribution in [0, 0.1) is 76.9 Å². The summed E-state index contributed by atoms with van der Waals surface area (Å²) in [5.74, 6) is 3.85. The van der Waals surface area contributed by atoms with Gasteiger partial charge in [0.15, 0.2) is 6.29 Å². The SMILES string of the molecule is C.C#C.C#C.CO.COC(C)OC(C)(C)CCCCC1C(OC)CC2[C@@H]3CCC4C(C)(C)[C@@H](O)CCC45[C@@H](C)[C@@]35CC[C@]12C. The van der Waals surface area contributed by atoms with Crippen molar-refractivity contribution in [2.45, 2.75) is 151 Å². The van der Waals surface area contributed by atoms with E-state index in [0.717, 1.165) is 37.7 Å². The third kappa shape index (κ3) is 6.40. The van der Waals surface area contributed by atoms with E-state index in [9.17, 15) is 5.11 Å². The van der Waals surface area contributed by atoms with E-state index in [4.69, 9.17) is 19.3 Å². The molecule has 5 nitrogen and oxygen atoms in total. The van der Waals surface area contributed by atoms with Gasteiger partial charge in [-0.15, -0.1) is 25.7 Å². The minimum atomic E-state index is -0.155. The van der Waals surface area contributed by atoms with E-state index in [1.54, 1.807) is 7.11 Å². The lowest BCUT2D eigenvalue weighted by atomic mass is 9.46. The van der Waals surface area contributed by atoms with Gasteiger partial charge in [0.2, 0.25) is 0 Å². The molecule has 44 heavy (non-hydrogen) atoms. The van der Waals surface area contributed by atoms with E-state index in [0.29, 0.717) is 34.2 Å². The molecule has 0 heterocycles. The number of rotatable bonds is 9. The van der Waals surface area contributed by atoms with Gasteiger partial charge < -0.3 is 24.4 Å². The zero-order valence-corrected chi connectivity index (χ0v) is 29.3. The molecule has 0 saturated heterocycles. The summed E-state index contributed by atoms with van der Waals surface area (Å²) in [4.78, 5) is 0. The number of ether oxygens (including phenoxy) is 3. The molecule has 0 aromatic rings. The van der Waals surface area contributed by atoms with Crippen molar-refractivity contribution in [1.82, 2.24) is 0 Å². The number of aliphatic hydroxyl groups excluding tert-OH is 2. The van der Waals surface area contributed by atoms with Crippen LogP contribution in [0.4, 0.5) is 0 Å². The van der Waals surface area contributed by atoms with Crippen LogP contribution in [0.1, 0.15) is 127 Å². The standard InChI is InChI=1S/C33H58O4.2C2H2.CH4O.CH4/c1-21-32-19-18-31(7)24(12-10-11-16-29(3,4)37-22(2)35-8)26(36-9)20-25(31)23(32)13-14-27-30(5,6)28(34)15-17-33(21,27)32;3*1-2;/h21-28,34H,10-20H2,1-9H3;2*1-2H;2H,1H3;1H4/t21-,22?,23-,24?,25?,26?,27?,28-,31+,32-,33?;;;;/m0..../s1. The largest absolute Gasteiger partial charge is 0.400 e. The maximum atomic E-state index is 11.0. The lowest BCUT2D eigenvalue weighted by molar-refractivity contribution is -0.180. The van der Waals surface area contributed by atoms with Gasteiger partial charge in [-0.25, -0.2) is 0 Å². The van der Waals surface area contributed by atoms with Crippen LogP contribution in [0.3, 0.4) is 0 Å². The van der Waals surface area contributed by atoms with Gasteiger partial charge in [0.05, 0.1) is 17.8 Å². The van der Waals surface area contributed by atoms with Gasteiger partial charge in [0.1, 0.15) is 0 Å². The summed E-state index contributed by atoms with van der Waals surface area (Å²) in [7, 11) is 4.69. The molecule has 0 bridgehead atoms. The molecular formula is C39H70O5. The van der Waals surface area contributed by atoms with Gasteiger partial charge in [-0.3, -0.25) is 0 Å². The average Bonchev–Trinajstić information content (AvgIpc) is 3.39. The van der Waals surface area contributed by atoms with Crippen molar-refractivity contribution in [2.24, 2.45) is 51.2 Å². The zero-order chi connectivity index (χ0) is 33.0. The third-order valence-electron chi connectivity index (χ3n) is 13.8. The van der Waals surface area contributed by atoms with Crippen molar-refractivity contribution < 1.29 is 24.4 Å². The molecule has 0 aromatic carbocycles. The van der Waals surface area contributed by atoms with E-state index in [-0.39, 0.29) is 30.8 Å². The molecule has 5 saturated carbocycles. The Morgan fingerprint density at radius 1 is 0.886 bits per heavy atom. The molecule has 5 aliphatic rings. The highest BCUT2D eigenvalue weighted by Crippen LogP contribution is 2.89. The first-order chi connectivity index (χ1) is 20.3. The minimum absolute atomic E-state index is 0. The van der Waals surface area contributed by atoms with Crippen LogP contribution in [0.2, 0.25) is 0 Å². The molecule has 2 N–H and O–H groups in total. The molecule has 6 unspecified atom stereocenters. The molecule has 0 aromatic heterocycles. The molecule has 256 valence electrons. The van der Waals surface area contributed by atoms with Crippen molar-refractivity contribution in [3.8, 4) is 25.7 Å². The number of hydrogen-bond donors (Lipinski definition) is 2. The molecule has 5 heteroatoms. The lowest BCUT2D eigenvalue weighted by Gasteiger charge is -2.59. The van der Waals surface area contributed by atoms with E-state index in [1.807, 2.05) is 14.0 Å². The second kappa shape index (κ2) is 15.7. The predicted octanol–water partition coefficient (Wildman–Crippen LogP) is 8.36. The number of terminal acetylenes is 2. The second-order valence-electron chi connectivity index (χ2n) is 15.6. The van der Waals surface area contributed by atoms with Crippen LogP contribution in [0.5, 0.6) is 0 Å². The van der Waals surface area contributed by atoms with Crippen molar-refractivity contribution >= 4 is 0 Å². The fraction of sp³-hybridized carbons (Fsp3) is 0.897. The highest BCUT2D eigenvalue weighted by atomic mass is 16.7. The summed E-state index contributed by atoms with van der Waals surface area (Å²) in [6.07, 6.45) is 30.0. The van der Waals surface area contributed by atoms with Crippen LogP contribution in [0.25, 0.3) is 0 Å². The molecule has 0 aliphatic heterocycles. The van der Waals surface area contributed by atoms with Crippen molar-refractivity contribution in [3.63, 3.8) is 0 Å². The van der Waals surface area contributed by atoms with Crippen molar-refractivity contribution in [2.75, 3.05) is 21.3 Å². The summed E-state index contributed by atoms with van der Waals surface area (Å²) in [5.41, 5.74) is 1.35. The summed E-state index contributed by atoms with van der Waals surface area (Å²) in [6, 6.07) is 0. The molecule has 5 fully saturated rings. The first kappa shape index (κ1) is 40.9. The van der Waals surface area contributed by atoms with Crippen LogP contribution in [0.15, 0.2) is 0 Å². The molecular weight excluding hydrogens is 548 g/mol.